The molecule has 1 aromatic rings. The molecule has 1 aromatic heterocycles. The summed E-state index contributed by atoms with van der Waals surface area (Å²) in [4.78, 5) is 3.92. The van der Waals surface area contributed by atoms with Crippen LogP contribution in [0.25, 0.3) is 0 Å². The summed E-state index contributed by atoms with van der Waals surface area (Å²) in [6.45, 7) is 3.75. The van der Waals surface area contributed by atoms with Gasteiger partial charge in [-0.15, -0.1) is 0 Å². The van der Waals surface area contributed by atoms with Crippen molar-refractivity contribution in [3.8, 4) is 11.9 Å². The number of nitriles is 1. The lowest BCUT2D eigenvalue weighted by atomic mass is 9.97. The third-order valence-electron chi connectivity index (χ3n) is 1.34. The number of hydrogen-bond acceptors (Lipinski definition) is 3. The first-order chi connectivity index (χ1) is 6.13. The number of ether oxygens (including phenoxy) is 1. The highest BCUT2D eigenvalue weighted by atomic mass is 16.5. The van der Waals surface area contributed by atoms with E-state index in [9.17, 15) is 0 Å². The van der Waals surface area contributed by atoms with Crippen molar-refractivity contribution in [2.45, 2.75) is 20.0 Å². The van der Waals surface area contributed by atoms with Gasteiger partial charge in [0.2, 0.25) is 5.88 Å². The molecule has 0 aromatic carbocycles. The fourth-order valence-corrected chi connectivity index (χ4v) is 0.866. The largest absolute Gasteiger partial charge is 0.474 e. The van der Waals surface area contributed by atoms with Crippen molar-refractivity contribution in [2.24, 2.45) is 0 Å². The molecule has 0 unspecified atom stereocenters. The highest BCUT2D eigenvalue weighted by Crippen LogP contribution is 2.12. The van der Waals surface area contributed by atoms with Gasteiger partial charge in [0.1, 0.15) is 19.5 Å². The van der Waals surface area contributed by atoms with Crippen LogP contribution >= 0.6 is 0 Å². The lowest BCUT2D eigenvalue weighted by Gasteiger charge is -2.09. The molecule has 0 saturated heterocycles. The molecule has 2 radical (unpaired) electrons. The smallest absolute Gasteiger partial charge is 0.231 e. The fourth-order valence-electron chi connectivity index (χ4n) is 0.866. The number of aromatic nitrogens is 1. The van der Waals surface area contributed by atoms with Crippen LogP contribution in [0, 0.1) is 11.3 Å². The number of hydrogen-bond donors (Lipinski definition) is 0. The van der Waals surface area contributed by atoms with Crippen LogP contribution in [-0.4, -0.2) is 18.9 Å². The molecule has 64 valence electrons. The predicted molar refractivity (Wildman–Crippen MR) is 50.1 cm³/mol. The minimum absolute atomic E-state index is 0.00299. The minimum atomic E-state index is 0.00299. The van der Waals surface area contributed by atoms with Gasteiger partial charge in [0, 0.05) is 6.20 Å². The molecule has 13 heavy (non-hydrogen) atoms. The van der Waals surface area contributed by atoms with Gasteiger partial charge in [-0.3, -0.25) is 0 Å². The Hall–Kier alpha value is -1.50. The topological polar surface area (TPSA) is 45.9 Å². The zero-order chi connectivity index (χ0) is 9.84. The van der Waals surface area contributed by atoms with E-state index in [0.29, 0.717) is 16.9 Å². The van der Waals surface area contributed by atoms with Crippen LogP contribution in [0.1, 0.15) is 19.4 Å². The quantitative estimate of drug-likeness (QED) is 0.611. The van der Waals surface area contributed by atoms with E-state index in [-0.39, 0.29) is 6.10 Å². The first-order valence-electron chi connectivity index (χ1n) is 3.95. The molecule has 0 saturated carbocycles. The Balaban J connectivity index is 3.01. The Bertz CT molecular complexity index is 344. The van der Waals surface area contributed by atoms with Gasteiger partial charge in [-0.2, -0.15) is 5.26 Å². The van der Waals surface area contributed by atoms with Gasteiger partial charge < -0.3 is 4.74 Å². The summed E-state index contributed by atoms with van der Waals surface area (Å²) in [5, 5.41) is 8.73. The number of rotatable bonds is 2. The molecule has 0 aliphatic rings. The third-order valence-corrected chi connectivity index (χ3v) is 1.34. The standard InChI is InChI=1S/C9H9BN2O/c1-6(2)13-9-7(4-11)3-8(10)5-12-9/h3,5-6H,1-2H3. The van der Waals surface area contributed by atoms with Gasteiger partial charge in [0.05, 0.1) is 6.10 Å². The predicted octanol–water partition coefficient (Wildman–Crippen LogP) is 0.534. The lowest BCUT2D eigenvalue weighted by molar-refractivity contribution is 0.232. The Labute approximate surface area is 78.8 Å². The van der Waals surface area contributed by atoms with E-state index in [2.05, 4.69) is 4.98 Å². The highest BCUT2D eigenvalue weighted by Gasteiger charge is 2.06. The van der Waals surface area contributed by atoms with Crippen molar-refractivity contribution in [2.75, 3.05) is 0 Å². The molecule has 0 spiro atoms. The van der Waals surface area contributed by atoms with Crippen LogP contribution in [-0.2, 0) is 0 Å². The molecule has 0 amide bonds. The third kappa shape index (κ3) is 2.48. The first kappa shape index (κ1) is 9.59. The molecule has 1 rings (SSSR count). The maximum Gasteiger partial charge on any atom is 0.231 e. The zero-order valence-corrected chi connectivity index (χ0v) is 7.61. The normalized spacial score (nSPS) is 9.69. The van der Waals surface area contributed by atoms with Crippen LogP contribution in [0.4, 0.5) is 0 Å². The average Bonchev–Trinajstić information content (AvgIpc) is 2.07. The van der Waals surface area contributed by atoms with Crippen molar-refractivity contribution in [3.63, 3.8) is 0 Å². The fraction of sp³-hybridized carbons (Fsp3) is 0.333. The van der Waals surface area contributed by atoms with Crippen LogP contribution < -0.4 is 10.2 Å². The van der Waals surface area contributed by atoms with E-state index >= 15 is 0 Å². The molecule has 0 N–H and O–H groups in total. The van der Waals surface area contributed by atoms with E-state index < -0.39 is 0 Å². The van der Waals surface area contributed by atoms with Gasteiger partial charge in [-0.05, 0) is 19.9 Å². The van der Waals surface area contributed by atoms with Crippen molar-refractivity contribution in [1.82, 2.24) is 4.98 Å². The molecule has 0 aliphatic carbocycles. The molecule has 0 atom stereocenters. The van der Waals surface area contributed by atoms with E-state index in [0.717, 1.165) is 0 Å². The summed E-state index contributed by atoms with van der Waals surface area (Å²) in [6, 6.07) is 3.52. The minimum Gasteiger partial charge on any atom is -0.474 e. The van der Waals surface area contributed by atoms with Crippen LogP contribution in [0.5, 0.6) is 5.88 Å². The Morgan fingerprint density at radius 2 is 2.31 bits per heavy atom. The van der Waals surface area contributed by atoms with Crippen molar-refractivity contribution < 1.29 is 4.74 Å². The summed E-state index contributed by atoms with van der Waals surface area (Å²) < 4.78 is 5.30. The Morgan fingerprint density at radius 1 is 1.62 bits per heavy atom. The zero-order valence-electron chi connectivity index (χ0n) is 7.61. The molecule has 0 bridgehead atoms. The van der Waals surface area contributed by atoms with Crippen molar-refractivity contribution >= 4 is 13.3 Å². The second-order valence-corrected chi connectivity index (χ2v) is 2.90. The van der Waals surface area contributed by atoms with E-state index in [1.807, 2.05) is 19.9 Å². The molecule has 0 fully saturated rings. The maximum absolute atomic E-state index is 8.73. The van der Waals surface area contributed by atoms with Gasteiger partial charge in [0.25, 0.3) is 0 Å². The van der Waals surface area contributed by atoms with E-state index in [4.69, 9.17) is 17.8 Å². The molecule has 4 heteroatoms. The Morgan fingerprint density at radius 3 is 2.85 bits per heavy atom. The summed E-state index contributed by atoms with van der Waals surface area (Å²) >= 11 is 0. The van der Waals surface area contributed by atoms with Gasteiger partial charge in [0.15, 0.2) is 0 Å². The van der Waals surface area contributed by atoms with Gasteiger partial charge in [-0.25, -0.2) is 4.98 Å². The molecule has 3 nitrogen and oxygen atoms in total. The van der Waals surface area contributed by atoms with E-state index in [1.54, 1.807) is 6.07 Å². The average molecular weight is 172 g/mol. The summed E-state index contributed by atoms with van der Waals surface area (Å²) in [5.41, 5.74) is 0.835. The monoisotopic (exact) mass is 172 g/mol. The summed E-state index contributed by atoms with van der Waals surface area (Å²) in [7, 11) is 5.46. The van der Waals surface area contributed by atoms with Crippen LogP contribution in [0.15, 0.2) is 12.3 Å². The second kappa shape index (κ2) is 3.95. The lowest BCUT2D eigenvalue weighted by Crippen LogP contribution is -2.11. The number of pyridine rings is 1. The van der Waals surface area contributed by atoms with Gasteiger partial charge >= 0.3 is 0 Å². The van der Waals surface area contributed by atoms with E-state index in [1.165, 1.54) is 6.20 Å². The Kier molecular flexibility index (Phi) is 2.91. The SMILES string of the molecule is [B]c1cnc(OC(C)C)c(C#N)c1. The molecule has 0 aliphatic heterocycles. The molecular formula is C9H9BN2O. The van der Waals surface area contributed by atoms with Crippen LogP contribution in [0.3, 0.4) is 0 Å². The number of nitrogens with zero attached hydrogens (tertiary/aromatic N) is 2. The molecular weight excluding hydrogens is 163 g/mol. The summed E-state index contributed by atoms with van der Waals surface area (Å²) in [5.74, 6) is 0.340. The maximum atomic E-state index is 8.73. The first-order valence-corrected chi connectivity index (χ1v) is 3.95. The second-order valence-electron chi connectivity index (χ2n) is 2.90. The van der Waals surface area contributed by atoms with Crippen LogP contribution in [0.2, 0.25) is 0 Å². The van der Waals surface area contributed by atoms with Crippen molar-refractivity contribution in [1.29, 1.82) is 5.26 Å². The summed E-state index contributed by atoms with van der Waals surface area (Å²) in [6.07, 6.45) is 1.47. The van der Waals surface area contributed by atoms with Crippen molar-refractivity contribution in [3.05, 3.63) is 17.8 Å². The van der Waals surface area contributed by atoms with Gasteiger partial charge in [-0.1, -0.05) is 5.46 Å². The highest BCUT2D eigenvalue weighted by molar-refractivity contribution is 6.32. The molecule has 1 heterocycles.